The van der Waals surface area contributed by atoms with Gasteiger partial charge in [0, 0.05) is 5.03 Å². The Morgan fingerprint density at radius 1 is 1.24 bits per heavy atom. The molecule has 0 spiro atoms. The maximum absolute atomic E-state index is 12.6. The summed E-state index contributed by atoms with van der Waals surface area (Å²) in [5.74, 6) is -1.12. The predicted octanol–water partition coefficient (Wildman–Crippen LogP) is 2.10. The van der Waals surface area contributed by atoms with E-state index in [2.05, 4.69) is 10.5 Å². The number of halogens is 1. The van der Waals surface area contributed by atoms with E-state index >= 15 is 0 Å². The summed E-state index contributed by atoms with van der Waals surface area (Å²) in [7, 11) is 0. The molecule has 1 aromatic rings. The molecule has 0 radical (unpaired) electrons. The summed E-state index contributed by atoms with van der Waals surface area (Å²) >= 11 is 6.02. The zero-order valence-corrected chi connectivity index (χ0v) is 14.3. The molecule has 2 aliphatic rings. The fraction of sp³-hybridized carbons (Fsp3) is 0.294. The molecule has 0 unspecified atom stereocenters. The molecule has 1 aromatic carbocycles. The number of hydrazone groups is 1. The summed E-state index contributed by atoms with van der Waals surface area (Å²) in [5.41, 5.74) is 8.93. The number of primary amides is 1. The van der Waals surface area contributed by atoms with Gasteiger partial charge in [-0.15, -0.1) is 0 Å². The van der Waals surface area contributed by atoms with Crippen LogP contribution in [0.4, 0.5) is 10.5 Å². The van der Waals surface area contributed by atoms with Gasteiger partial charge in [0.25, 0.3) is 0 Å². The van der Waals surface area contributed by atoms with Gasteiger partial charge in [-0.25, -0.2) is 10.2 Å². The Labute approximate surface area is 149 Å². The molecule has 0 aromatic heterocycles. The summed E-state index contributed by atoms with van der Waals surface area (Å²) in [6, 6.07) is 6.07. The van der Waals surface area contributed by atoms with E-state index in [9.17, 15) is 14.4 Å². The number of nitrogens with zero attached hydrogens (tertiary/aromatic N) is 2. The molecule has 3 rings (SSSR count). The normalized spacial score (nSPS) is 23.4. The van der Waals surface area contributed by atoms with E-state index in [4.69, 9.17) is 17.3 Å². The molecule has 0 bridgehead atoms. The van der Waals surface area contributed by atoms with Gasteiger partial charge in [-0.2, -0.15) is 5.10 Å². The van der Waals surface area contributed by atoms with E-state index in [0.717, 1.165) is 5.56 Å². The van der Waals surface area contributed by atoms with Crippen molar-refractivity contribution >= 4 is 40.8 Å². The first-order valence-corrected chi connectivity index (χ1v) is 8.19. The largest absolute Gasteiger partial charge is 0.350 e. The molecule has 1 fully saturated rings. The van der Waals surface area contributed by atoms with Crippen LogP contribution in [0.15, 0.2) is 40.5 Å². The van der Waals surface area contributed by atoms with Crippen LogP contribution >= 0.6 is 11.6 Å². The second-order valence-electron chi connectivity index (χ2n) is 6.04. The second kappa shape index (κ2) is 6.68. The van der Waals surface area contributed by atoms with Crippen molar-refractivity contribution in [3.8, 4) is 0 Å². The van der Waals surface area contributed by atoms with E-state index < -0.39 is 6.03 Å². The lowest BCUT2D eigenvalue weighted by atomic mass is 9.85. The number of imide groups is 1. The van der Waals surface area contributed by atoms with Gasteiger partial charge in [0.15, 0.2) is 0 Å². The Balaban J connectivity index is 1.81. The highest BCUT2D eigenvalue weighted by Gasteiger charge is 2.48. The number of fused-ring (bicyclic) bond motifs is 1. The maximum Gasteiger partial charge on any atom is 0.332 e. The van der Waals surface area contributed by atoms with Gasteiger partial charge in [0.05, 0.1) is 23.2 Å². The number of hydrogen-bond acceptors (Lipinski definition) is 4. The molecule has 7 nitrogen and oxygen atoms in total. The molecular weight excluding hydrogens is 344 g/mol. The standard InChI is InChI=1S/C17H17ClN4O3/c1-9(20-21-17(19)25)10-2-5-12(6-3-10)22-15(23)13-7-4-11(18)8-14(13)16(22)24/h2-6,13-14H,7-8H2,1H3,(H3,19,21,25)/t13-,14-/m1/s1. The average Bonchev–Trinajstić information content (AvgIpc) is 2.83. The van der Waals surface area contributed by atoms with E-state index in [1.807, 2.05) is 6.08 Å². The molecule has 3 N–H and O–H groups in total. The number of hydrogen-bond donors (Lipinski definition) is 2. The molecule has 1 saturated heterocycles. The van der Waals surface area contributed by atoms with Crippen LogP contribution in [0.1, 0.15) is 25.3 Å². The van der Waals surface area contributed by atoms with Crippen LogP contribution in [-0.4, -0.2) is 23.6 Å². The number of anilines is 1. The number of nitrogens with one attached hydrogen (secondary N) is 1. The lowest BCUT2D eigenvalue weighted by Crippen LogP contribution is -2.30. The quantitative estimate of drug-likeness (QED) is 0.490. The zero-order valence-electron chi connectivity index (χ0n) is 13.5. The second-order valence-corrected chi connectivity index (χ2v) is 6.52. The Bertz CT molecular complexity index is 801. The lowest BCUT2D eigenvalue weighted by molar-refractivity contribution is -0.122. The molecule has 2 atom stereocenters. The van der Waals surface area contributed by atoms with Gasteiger partial charge in [-0.05, 0) is 37.5 Å². The topological polar surface area (TPSA) is 105 Å². The zero-order chi connectivity index (χ0) is 18.1. The molecular formula is C17H17ClN4O3. The maximum atomic E-state index is 12.6. The van der Waals surface area contributed by atoms with Crippen LogP contribution in [0, 0.1) is 11.8 Å². The summed E-state index contributed by atoms with van der Waals surface area (Å²) < 4.78 is 0. The average molecular weight is 361 g/mol. The minimum atomic E-state index is -0.751. The van der Waals surface area contributed by atoms with Gasteiger partial charge in [-0.1, -0.05) is 29.8 Å². The Morgan fingerprint density at radius 3 is 2.52 bits per heavy atom. The fourth-order valence-electron chi connectivity index (χ4n) is 3.14. The van der Waals surface area contributed by atoms with Crippen LogP contribution in [0.5, 0.6) is 0 Å². The predicted molar refractivity (Wildman–Crippen MR) is 94.0 cm³/mol. The van der Waals surface area contributed by atoms with Crippen molar-refractivity contribution in [3.63, 3.8) is 0 Å². The van der Waals surface area contributed by atoms with Crippen LogP contribution in [0.2, 0.25) is 0 Å². The smallest absolute Gasteiger partial charge is 0.332 e. The molecule has 130 valence electrons. The van der Waals surface area contributed by atoms with E-state index in [1.165, 1.54) is 4.90 Å². The SMILES string of the molecule is CC(=NNC(N)=O)c1ccc(N2C(=O)[C@@H]3CC=C(Cl)C[C@H]3C2=O)cc1. The number of amides is 4. The van der Waals surface area contributed by atoms with Gasteiger partial charge < -0.3 is 5.73 Å². The molecule has 8 heteroatoms. The first-order valence-electron chi connectivity index (χ1n) is 7.81. The molecule has 1 aliphatic carbocycles. The molecule has 0 saturated carbocycles. The number of carbonyl (C=O) groups excluding carboxylic acids is 3. The molecule has 25 heavy (non-hydrogen) atoms. The van der Waals surface area contributed by atoms with E-state index in [1.54, 1.807) is 31.2 Å². The van der Waals surface area contributed by atoms with Gasteiger partial charge in [0.1, 0.15) is 0 Å². The fourth-order valence-corrected chi connectivity index (χ4v) is 3.39. The van der Waals surface area contributed by atoms with Crippen molar-refractivity contribution < 1.29 is 14.4 Å². The van der Waals surface area contributed by atoms with Crippen LogP contribution in [-0.2, 0) is 9.59 Å². The summed E-state index contributed by atoms with van der Waals surface area (Å²) in [6.07, 6.45) is 2.72. The van der Waals surface area contributed by atoms with Crippen molar-refractivity contribution in [2.45, 2.75) is 19.8 Å². The molecule has 1 aliphatic heterocycles. The first kappa shape index (κ1) is 17.2. The summed E-state index contributed by atoms with van der Waals surface area (Å²) in [6.45, 7) is 1.71. The van der Waals surface area contributed by atoms with E-state index in [-0.39, 0.29) is 23.7 Å². The highest BCUT2D eigenvalue weighted by atomic mass is 35.5. The lowest BCUT2D eigenvalue weighted by Gasteiger charge is -2.17. The molecule has 4 amide bonds. The van der Waals surface area contributed by atoms with Crippen molar-refractivity contribution in [1.82, 2.24) is 5.43 Å². The van der Waals surface area contributed by atoms with Gasteiger partial charge in [0.2, 0.25) is 11.8 Å². The van der Waals surface area contributed by atoms with Crippen LogP contribution in [0.3, 0.4) is 0 Å². The van der Waals surface area contributed by atoms with Crippen molar-refractivity contribution in [2.75, 3.05) is 4.90 Å². The third-order valence-electron chi connectivity index (χ3n) is 4.45. The molecule has 1 heterocycles. The number of nitrogens with two attached hydrogens (primary N) is 1. The van der Waals surface area contributed by atoms with Crippen LogP contribution in [0.25, 0.3) is 0 Å². The number of rotatable bonds is 3. The van der Waals surface area contributed by atoms with Gasteiger partial charge >= 0.3 is 6.03 Å². The minimum Gasteiger partial charge on any atom is -0.350 e. The number of urea groups is 1. The van der Waals surface area contributed by atoms with Gasteiger partial charge in [-0.3, -0.25) is 14.5 Å². The third kappa shape index (κ3) is 3.28. The highest BCUT2D eigenvalue weighted by Crippen LogP contribution is 2.40. The number of allylic oxidation sites excluding steroid dienone is 2. The van der Waals surface area contributed by atoms with Crippen LogP contribution < -0.4 is 16.1 Å². The third-order valence-corrected chi connectivity index (χ3v) is 4.75. The van der Waals surface area contributed by atoms with Crippen molar-refractivity contribution in [1.29, 1.82) is 0 Å². The van der Waals surface area contributed by atoms with E-state index in [0.29, 0.717) is 29.3 Å². The Kier molecular flexibility index (Phi) is 4.59. The first-order chi connectivity index (χ1) is 11.9. The number of carbonyl (C=O) groups is 3. The Morgan fingerprint density at radius 2 is 1.88 bits per heavy atom. The number of benzene rings is 1. The minimum absolute atomic E-state index is 0.191. The summed E-state index contributed by atoms with van der Waals surface area (Å²) in [5, 5.41) is 4.47. The Hall–Kier alpha value is -2.67. The summed E-state index contributed by atoms with van der Waals surface area (Å²) in [4.78, 5) is 37.2. The van der Waals surface area contributed by atoms with Crippen molar-refractivity contribution in [3.05, 3.63) is 40.9 Å². The van der Waals surface area contributed by atoms with Crippen molar-refractivity contribution in [2.24, 2.45) is 22.7 Å². The monoisotopic (exact) mass is 360 g/mol. The highest BCUT2D eigenvalue weighted by molar-refractivity contribution is 6.30.